The van der Waals surface area contributed by atoms with Crippen LogP contribution in [0.1, 0.15) is 50.4 Å². The second-order valence-electron chi connectivity index (χ2n) is 8.27. The van der Waals surface area contributed by atoms with Crippen LogP contribution in [0.2, 0.25) is 0 Å². The van der Waals surface area contributed by atoms with Gasteiger partial charge in [-0.05, 0) is 43.9 Å². The Balaban J connectivity index is 1.59. The maximum atomic E-state index is 12.7. The summed E-state index contributed by atoms with van der Waals surface area (Å²) in [5.41, 5.74) is 1.27. The number of carbonyl (C=O) groups excluding carboxylic acids is 1. The highest BCUT2D eigenvalue weighted by Gasteiger charge is 2.22. The molecule has 2 N–H and O–H groups in total. The number of aromatic amines is 1. The third kappa shape index (κ3) is 6.08. The molecule has 3 rings (SSSR count). The molecule has 0 aliphatic heterocycles. The van der Waals surface area contributed by atoms with E-state index < -0.39 is 15.3 Å². The number of hydrogen-bond donors (Lipinski definition) is 2. The van der Waals surface area contributed by atoms with Crippen molar-refractivity contribution in [2.45, 2.75) is 67.7 Å². The molecule has 1 amide bonds. The Bertz CT molecular complexity index is 1010. The molecule has 1 aromatic heterocycles. The fourth-order valence-electron chi connectivity index (χ4n) is 3.64. The van der Waals surface area contributed by atoms with Crippen molar-refractivity contribution in [3.63, 3.8) is 0 Å². The molecule has 2 aromatic rings. The van der Waals surface area contributed by atoms with E-state index in [1.54, 1.807) is 19.1 Å². The second-order valence-corrected chi connectivity index (χ2v) is 11.7. The van der Waals surface area contributed by atoms with Gasteiger partial charge in [-0.3, -0.25) is 9.89 Å². The Morgan fingerprint density at radius 3 is 2.71 bits per heavy atom. The molecule has 0 bridgehead atoms. The lowest BCUT2D eigenvalue weighted by Crippen LogP contribution is -2.24. The maximum absolute atomic E-state index is 12.7. The summed E-state index contributed by atoms with van der Waals surface area (Å²) in [6.07, 6.45) is 7.29. The van der Waals surface area contributed by atoms with Crippen molar-refractivity contribution in [1.29, 1.82) is 0 Å². The fourth-order valence-corrected chi connectivity index (χ4v) is 5.31. The normalized spacial score (nSPS) is 16.0. The Hall–Kier alpha value is -1.91. The van der Waals surface area contributed by atoms with Gasteiger partial charge in [0.1, 0.15) is 5.82 Å². The van der Waals surface area contributed by atoms with Crippen LogP contribution in [-0.4, -0.2) is 53.2 Å². The molecule has 170 valence electrons. The summed E-state index contributed by atoms with van der Waals surface area (Å²) in [4.78, 5) is 17.4. The van der Waals surface area contributed by atoms with E-state index >= 15 is 0 Å². The quantitative estimate of drug-likeness (QED) is 0.548. The number of thioether (sulfide) groups is 1. The van der Waals surface area contributed by atoms with Crippen molar-refractivity contribution in [2.24, 2.45) is 5.92 Å². The van der Waals surface area contributed by atoms with Crippen molar-refractivity contribution in [1.82, 2.24) is 19.5 Å². The summed E-state index contributed by atoms with van der Waals surface area (Å²) in [6.45, 7) is 3.61. The fraction of sp³-hybridized carbons (Fsp3) is 0.571. The molecule has 1 unspecified atom stereocenters. The van der Waals surface area contributed by atoms with Crippen molar-refractivity contribution in [3.05, 3.63) is 29.6 Å². The van der Waals surface area contributed by atoms with E-state index in [-0.39, 0.29) is 10.8 Å². The third-order valence-electron chi connectivity index (χ3n) is 5.67. The minimum Gasteiger partial charge on any atom is -0.325 e. The minimum absolute atomic E-state index is 0.138. The zero-order chi connectivity index (χ0) is 22.6. The van der Waals surface area contributed by atoms with Crippen LogP contribution >= 0.6 is 11.8 Å². The van der Waals surface area contributed by atoms with E-state index in [0.717, 1.165) is 34.5 Å². The molecule has 1 fully saturated rings. The summed E-state index contributed by atoms with van der Waals surface area (Å²) in [7, 11) is -0.623. The van der Waals surface area contributed by atoms with Gasteiger partial charge in [-0.15, -0.1) is 5.10 Å². The van der Waals surface area contributed by atoms with Gasteiger partial charge in [0.2, 0.25) is 21.1 Å². The van der Waals surface area contributed by atoms with Crippen LogP contribution in [-0.2, 0) is 21.2 Å². The molecule has 0 radical (unpaired) electrons. The maximum Gasteiger partial charge on any atom is 0.242 e. The Kier molecular flexibility index (Phi) is 7.77. The number of benzene rings is 1. The zero-order valence-corrected chi connectivity index (χ0v) is 20.1. The zero-order valence-electron chi connectivity index (χ0n) is 18.5. The lowest BCUT2D eigenvalue weighted by atomic mass is 10.0. The van der Waals surface area contributed by atoms with Gasteiger partial charge in [-0.1, -0.05) is 43.5 Å². The number of carbonyl (C=O) groups is 1. The van der Waals surface area contributed by atoms with Crippen LogP contribution in [0, 0.1) is 12.8 Å². The molecule has 1 heterocycles. The van der Waals surface area contributed by atoms with E-state index in [1.165, 1.54) is 57.6 Å². The van der Waals surface area contributed by atoms with Gasteiger partial charge in [0.25, 0.3) is 0 Å². The van der Waals surface area contributed by atoms with Crippen LogP contribution < -0.4 is 5.32 Å². The van der Waals surface area contributed by atoms with Crippen molar-refractivity contribution in [3.8, 4) is 0 Å². The van der Waals surface area contributed by atoms with Gasteiger partial charge in [-0.25, -0.2) is 17.7 Å². The molecule has 8 nitrogen and oxygen atoms in total. The summed E-state index contributed by atoms with van der Waals surface area (Å²) in [6, 6.07) is 4.73. The largest absolute Gasteiger partial charge is 0.325 e. The molecular formula is C21H31N5O3S2. The monoisotopic (exact) mass is 465 g/mol. The summed E-state index contributed by atoms with van der Waals surface area (Å²) < 4.78 is 25.9. The number of nitrogens with one attached hydrogen (secondary N) is 2. The summed E-state index contributed by atoms with van der Waals surface area (Å²) in [5.74, 6) is 1.42. The Morgan fingerprint density at radius 2 is 2.03 bits per heavy atom. The minimum atomic E-state index is -3.58. The highest BCUT2D eigenvalue weighted by molar-refractivity contribution is 8.00. The van der Waals surface area contributed by atoms with Crippen LogP contribution in [0.15, 0.2) is 28.3 Å². The van der Waals surface area contributed by atoms with Gasteiger partial charge < -0.3 is 5.32 Å². The molecule has 1 atom stereocenters. The van der Waals surface area contributed by atoms with Crippen molar-refractivity contribution >= 4 is 33.4 Å². The lowest BCUT2D eigenvalue weighted by Gasteiger charge is -2.15. The van der Waals surface area contributed by atoms with Crippen molar-refractivity contribution < 1.29 is 13.2 Å². The number of amides is 1. The van der Waals surface area contributed by atoms with Gasteiger partial charge in [0.15, 0.2) is 0 Å². The molecule has 1 aliphatic carbocycles. The SMILES string of the molecule is Cc1ccc(S(=O)(=O)N(C)C)cc1NC(=O)C(C)Sc1n[nH]c(CCC2CCCC2)n1. The molecule has 31 heavy (non-hydrogen) atoms. The smallest absolute Gasteiger partial charge is 0.242 e. The van der Waals surface area contributed by atoms with Crippen LogP contribution in [0.3, 0.4) is 0 Å². The van der Waals surface area contributed by atoms with Gasteiger partial charge in [0, 0.05) is 26.2 Å². The number of anilines is 1. The van der Waals surface area contributed by atoms with E-state index in [4.69, 9.17) is 0 Å². The lowest BCUT2D eigenvalue weighted by molar-refractivity contribution is -0.115. The number of aromatic nitrogens is 3. The second kappa shape index (κ2) is 10.1. The van der Waals surface area contributed by atoms with Crippen LogP contribution in [0.4, 0.5) is 5.69 Å². The Labute approximate surface area is 188 Å². The molecule has 1 aromatic carbocycles. The number of nitrogens with zero attached hydrogens (tertiary/aromatic N) is 3. The summed E-state index contributed by atoms with van der Waals surface area (Å²) >= 11 is 1.28. The number of hydrogen-bond acceptors (Lipinski definition) is 6. The van der Waals surface area contributed by atoms with E-state index in [1.807, 2.05) is 6.92 Å². The number of aryl methyl sites for hydroxylation is 2. The molecule has 1 saturated carbocycles. The Morgan fingerprint density at radius 1 is 1.32 bits per heavy atom. The number of sulfonamides is 1. The van der Waals surface area contributed by atoms with Crippen LogP contribution in [0.25, 0.3) is 0 Å². The first-order valence-electron chi connectivity index (χ1n) is 10.6. The standard InChI is InChI=1S/C21H31N5O3S2/c1-14-9-11-17(31(28,29)26(3)4)13-18(14)22-20(27)15(2)30-21-23-19(24-25-21)12-10-16-7-5-6-8-16/h9,11,13,15-16H,5-8,10,12H2,1-4H3,(H,22,27)(H,23,24,25). The predicted molar refractivity (Wildman–Crippen MR) is 123 cm³/mol. The van der Waals surface area contributed by atoms with Crippen molar-refractivity contribution in [2.75, 3.05) is 19.4 Å². The first-order chi connectivity index (χ1) is 14.7. The number of H-pyrrole nitrogens is 1. The number of rotatable bonds is 9. The molecular weight excluding hydrogens is 434 g/mol. The summed E-state index contributed by atoms with van der Waals surface area (Å²) in [5, 5.41) is 10.2. The molecule has 0 spiro atoms. The highest BCUT2D eigenvalue weighted by Crippen LogP contribution is 2.29. The van der Waals surface area contributed by atoms with Gasteiger partial charge in [0.05, 0.1) is 10.1 Å². The molecule has 10 heteroatoms. The van der Waals surface area contributed by atoms with Gasteiger partial charge in [-0.2, -0.15) is 0 Å². The highest BCUT2D eigenvalue weighted by atomic mass is 32.2. The topological polar surface area (TPSA) is 108 Å². The predicted octanol–water partition coefficient (Wildman–Crippen LogP) is 3.61. The average molecular weight is 466 g/mol. The van der Waals surface area contributed by atoms with Crippen LogP contribution in [0.5, 0.6) is 0 Å². The first kappa shape index (κ1) is 23.7. The first-order valence-corrected chi connectivity index (χ1v) is 12.9. The van der Waals surface area contributed by atoms with E-state index in [9.17, 15) is 13.2 Å². The van der Waals surface area contributed by atoms with Gasteiger partial charge >= 0.3 is 0 Å². The average Bonchev–Trinajstić information content (AvgIpc) is 3.39. The van der Waals surface area contributed by atoms with E-state index in [0.29, 0.717) is 10.8 Å². The molecule has 1 aliphatic rings. The third-order valence-corrected chi connectivity index (χ3v) is 8.44. The molecule has 0 saturated heterocycles. The van der Waals surface area contributed by atoms with E-state index in [2.05, 4.69) is 20.5 Å².